The first-order chi connectivity index (χ1) is 8.34. The molecule has 1 atom stereocenters. The molecule has 100 valence electrons. The highest BCUT2D eigenvalue weighted by Gasteiger charge is 2.14. The van der Waals surface area contributed by atoms with Crippen LogP contribution in [0.2, 0.25) is 0 Å². The summed E-state index contributed by atoms with van der Waals surface area (Å²) in [6.07, 6.45) is 10.5. The molecular formula is C13H25NO2S. The summed E-state index contributed by atoms with van der Waals surface area (Å²) in [6.45, 7) is 5.26. The molecule has 0 radical (unpaired) electrons. The molecule has 0 aromatic heterocycles. The maximum Gasteiger partial charge on any atom is 0.0983 e. The number of hydrogen-bond acceptors (Lipinski definition) is 2. The molecule has 1 aliphatic heterocycles. The molecule has 0 saturated carbocycles. The molecule has 4 heteroatoms. The predicted octanol–water partition coefficient (Wildman–Crippen LogP) is 2.51. The van der Waals surface area contributed by atoms with E-state index in [0.717, 1.165) is 19.5 Å². The number of hydrogen-bond donors (Lipinski definition) is 0. The summed E-state index contributed by atoms with van der Waals surface area (Å²) in [4.78, 5) is 0. The predicted molar refractivity (Wildman–Crippen MR) is 73.3 cm³/mol. The van der Waals surface area contributed by atoms with Gasteiger partial charge in [0.25, 0.3) is 0 Å². The molecule has 1 aliphatic rings. The van der Waals surface area contributed by atoms with Gasteiger partial charge < -0.3 is 4.74 Å². The van der Waals surface area contributed by atoms with Crippen molar-refractivity contribution in [3.05, 3.63) is 12.2 Å². The van der Waals surface area contributed by atoms with Gasteiger partial charge in [0.15, 0.2) is 0 Å². The van der Waals surface area contributed by atoms with Gasteiger partial charge in [-0.1, -0.05) is 38.3 Å². The lowest BCUT2D eigenvalue weighted by atomic mass is 10.1. The molecule has 3 nitrogen and oxygen atoms in total. The first-order valence-electron chi connectivity index (χ1n) is 6.70. The van der Waals surface area contributed by atoms with Gasteiger partial charge in [-0.05, 0) is 12.8 Å². The number of unbranched alkanes of at least 4 members (excludes halogenated alkanes) is 4. The van der Waals surface area contributed by atoms with Crippen molar-refractivity contribution in [1.29, 1.82) is 0 Å². The molecule has 1 heterocycles. The van der Waals surface area contributed by atoms with Gasteiger partial charge >= 0.3 is 0 Å². The summed E-state index contributed by atoms with van der Waals surface area (Å²) in [6, 6.07) is 0. The molecule has 0 spiro atoms. The number of allylic oxidation sites excluding steroid dienone is 1. The second-order valence-electron chi connectivity index (χ2n) is 4.35. The van der Waals surface area contributed by atoms with Crippen molar-refractivity contribution in [3.63, 3.8) is 0 Å². The summed E-state index contributed by atoms with van der Waals surface area (Å²) >= 11 is 0. The van der Waals surface area contributed by atoms with Crippen LogP contribution >= 0.6 is 0 Å². The highest BCUT2D eigenvalue weighted by atomic mass is 32.2. The lowest BCUT2D eigenvalue weighted by Gasteiger charge is -2.24. The zero-order valence-electron chi connectivity index (χ0n) is 10.9. The van der Waals surface area contributed by atoms with Gasteiger partial charge in [-0.25, -0.2) is 8.51 Å². The van der Waals surface area contributed by atoms with Crippen LogP contribution in [0.25, 0.3) is 0 Å². The molecular weight excluding hydrogens is 234 g/mol. The Balaban J connectivity index is 2.04. The molecule has 1 unspecified atom stereocenters. The zero-order chi connectivity index (χ0) is 12.3. The normalized spacial score (nSPS) is 19.8. The third-order valence-corrected chi connectivity index (χ3v) is 4.31. The summed E-state index contributed by atoms with van der Waals surface area (Å²) in [5.74, 6) is 0.660. The Hall–Kier alpha value is -0.190. The van der Waals surface area contributed by atoms with Gasteiger partial charge in [-0.2, -0.15) is 0 Å². The number of ether oxygens (including phenoxy) is 1. The van der Waals surface area contributed by atoms with E-state index in [1.165, 1.54) is 25.7 Å². The molecule has 1 fully saturated rings. The lowest BCUT2D eigenvalue weighted by Crippen LogP contribution is -2.38. The van der Waals surface area contributed by atoms with Gasteiger partial charge in [0.2, 0.25) is 0 Å². The highest BCUT2D eigenvalue weighted by Crippen LogP contribution is 2.04. The quantitative estimate of drug-likeness (QED) is 0.495. The van der Waals surface area contributed by atoms with E-state index in [4.69, 9.17) is 4.74 Å². The minimum Gasteiger partial charge on any atom is -0.379 e. The molecule has 0 bridgehead atoms. The second-order valence-corrected chi connectivity index (χ2v) is 5.84. The van der Waals surface area contributed by atoms with E-state index >= 15 is 0 Å². The standard InChI is InChI=1S/C13H25NO2S/c1-2-3-4-5-6-7-8-13-17(15)14-9-11-16-12-10-14/h7-8H,2-6,9-13H2,1H3/b8-7+. The van der Waals surface area contributed by atoms with Crippen LogP contribution in [-0.4, -0.2) is 40.6 Å². The van der Waals surface area contributed by atoms with E-state index < -0.39 is 11.0 Å². The zero-order valence-corrected chi connectivity index (χ0v) is 11.7. The fourth-order valence-electron chi connectivity index (χ4n) is 1.81. The Morgan fingerprint density at radius 1 is 1.18 bits per heavy atom. The van der Waals surface area contributed by atoms with Crippen LogP contribution in [0.5, 0.6) is 0 Å². The highest BCUT2D eigenvalue weighted by molar-refractivity contribution is 7.82. The van der Waals surface area contributed by atoms with E-state index in [1.54, 1.807) is 0 Å². The van der Waals surface area contributed by atoms with Crippen LogP contribution in [0, 0.1) is 0 Å². The minimum absolute atomic E-state index is 0.660. The van der Waals surface area contributed by atoms with Crippen LogP contribution in [0.15, 0.2) is 12.2 Å². The Morgan fingerprint density at radius 3 is 2.65 bits per heavy atom. The van der Waals surface area contributed by atoms with Crippen molar-refractivity contribution in [1.82, 2.24) is 4.31 Å². The minimum atomic E-state index is -0.849. The molecule has 0 aromatic carbocycles. The smallest absolute Gasteiger partial charge is 0.0983 e. The van der Waals surface area contributed by atoms with E-state index in [0.29, 0.717) is 19.0 Å². The average molecular weight is 259 g/mol. The first-order valence-corrected chi connectivity index (χ1v) is 7.98. The summed E-state index contributed by atoms with van der Waals surface area (Å²) < 4.78 is 19.1. The Morgan fingerprint density at radius 2 is 1.94 bits per heavy atom. The van der Waals surface area contributed by atoms with Crippen molar-refractivity contribution in [2.24, 2.45) is 0 Å². The SMILES string of the molecule is CCCCCC/C=C/CS(=O)N1CCOCC1. The van der Waals surface area contributed by atoms with Crippen LogP contribution in [-0.2, 0) is 15.7 Å². The largest absolute Gasteiger partial charge is 0.379 e. The van der Waals surface area contributed by atoms with E-state index in [2.05, 4.69) is 19.1 Å². The third kappa shape index (κ3) is 6.96. The van der Waals surface area contributed by atoms with E-state index in [1.807, 2.05) is 4.31 Å². The number of morpholine rings is 1. The Kier molecular flexibility index (Phi) is 8.57. The van der Waals surface area contributed by atoms with E-state index in [-0.39, 0.29) is 0 Å². The van der Waals surface area contributed by atoms with Gasteiger partial charge in [0.1, 0.15) is 0 Å². The fourth-order valence-corrected chi connectivity index (χ4v) is 2.88. The molecule has 1 rings (SSSR count). The fraction of sp³-hybridized carbons (Fsp3) is 0.846. The average Bonchev–Trinajstić information content (AvgIpc) is 2.38. The van der Waals surface area contributed by atoms with Crippen molar-refractivity contribution >= 4 is 11.0 Å². The van der Waals surface area contributed by atoms with E-state index in [9.17, 15) is 4.21 Å². The number of nitrogens with zero attached hydrogens (tertiary/aromatic N) is 1. The summed E-state index contributed by atoms with van der Waals surface area (Å²) in [5.41, 5.74) is 0. The second kappa shape index (κ2) is 9.80. The lowest BCUT2D eigenvalue weighted by molar-refractivity contribution is 0.0753. The molecule has 0 N–H and O–H groups in total. The first kappa shape index (κ1) is 14.9. The van der Waals surface area contributed by atoms with Crippen LogP contribution < -0.4 is 0 Å². The van der Waals surface area contributed by atoms with Crippen molar-refractivity contribution in [3.8, 4) is 0 Å². The van der Waals surface area contributed by atoms with Crippen LogP contribution in [0.3, 0.4) is 0 Å². The van der Waals surface area contributed by atoms with Crippen molar-refractivity contribution < 1.29 is 8.95 Å². The van der Waals surface area contributed by atoms with Gasteiger partial charge in [-0.3, -0.25) is 0 Å². The van der Waals surface area contributed by atoms with Crippen LogP contribution in [0.1, 0.15) is 39.0 Å². The third-order valence-electron chi connectivity index (χ3n) is 2.89. The molecule has 0 amide bonds. The summed E-state index contributed by atoms with van der Waals surface area (Å²) in [5, 5.41) is 0. The summed E-state index contributed by atoms with van der Waals surface area (Å²) in [7, 11) is -0.849. The molecule has 17 heavy (non-hydrogen) atoms. The molecule has 0 aliphatic carbocycles. The van der Waals surface area contributed by atoms with Gasteiger partial charge in [0.05, 0.1) is 30.0 Å². The molecule has 1 saturated heterocycles. The Labute approximate surface area is 108 Å². The molecule has 0 aromatic rings. The maximum absolute atomic E-state index is 11.9. The monoisotopic (exact) mass is 259 g/mol. The van der Waals surface area contributed by atoms with Gasteiger partial charge in [0, 0.05) is 13.1 Å². The maximum atomic E-state index is 11.9. The van der Waals surface area contributed by atoms with Crippen molar-refractivity contribution in [2.75, 3.05) is 32.1 Å². The topological polar surface area (TPSA) is 29.5 Å². The van der Waals surface area contributed by atoms with Crippen LogP contribution in [0.4, 0.5) is 0 Å². The Bertz CT molecular complexity index is 238. The number of rotatable bonds is 8. The van der Waals surface area contributed by atoms with Gasteiger partial charge in [-0.15, -0.1) is 0 Å². The van der Waals surface area contributed by atoms with Crippen molar-refractivity contribution in [2.45, 2.75) is 39.0 Å².